The minimum absolute atomic E-state index is 0.0816. The van der Waals surface area contributed by atoms with Gasteiger partial charge in [0.1, 0.15) is 11.8 Å². The Morgan fingerprint density at radius 1 is 1.47 bits per heavy atom. The molecule has 0 fully saturated rings. The molecule has 1 aromatic rings. The monoisotopic (exact) mass is 232 g/mol. The van der Waals surface area contributed by atoms with E-state index in [0.29, 0.717) is 11.4 Å². The quantitative estimate of drug-likeness (QED) is 0.823. The lowest BCUT2D eigenvalue weighted by Gasteiger charge is -2.20. The summed E-state index contributed by atoms with van der Waals surface area (Å²) in [6.07, 6.45) is 1.53. The van der Waals surface area contributed by atoms with Crippen LogP contribution in [0.15, 0.2) is 18.3 Å². The number of carbonyl (C=O) groups is 1. The SMILES string of the molecule is CC(C)(C)NC(=O)CNc1ccc(C#N)nc1. The van der Waals surface area contributed by atoms with E-state index in [4.69, 9.17) is 5.26 Å². The summed E-state index contributed by atoms with van der Waals surface area (Å²) in [6, 6.07) is 5.25. The summed E-state index contributed by atoms with van der Waals surface area (Å²) >= 11 is 0. The molecule has 0 unspecified atom stereocenters. The summed E-state index contributed by atoms with van der Waals surface area (Å²) in [5, 5.41) is 14.3. The van der Waals surface area contributed by atoms with Crippen molar-refractivity contribution in [3.63, 3.8) is 0 Å². The van der Waals surface area contributed by atoms with Gasteiger partial charge >= 0.3 is 0 Å². The molecule has 0 bridgehead atoms. The van der Waals surface area contributed by atoms with E-state index in [-0.39, 0.29) is 18.0 Å². The van der Waals surface area contributed by atoms with Crippen LogP contribution in [0.4, 0.5) is 5.69 Å². The van der Waals surface area contributed by atoms with Gasteiger partial charge in [-0.05, 0) is 32.9 Å². The Labute approximate surface area is 101 Å². The second-order valence-corrected chi connectivity index (χ2v) is 4.70. The van der Waals surface area contributed by atoms with E-state index < -0.39 is 0 Å². The van der Waals surface area contributed by atoms with Crippen molar-refractivity contribution in [2.75, 3.05) is 11.9 Å². The summed E-state index contributed by atoms with van der Waals surface area (Å²) in [4.78, 5) is 15.4. The standard InChI is InChI=1S/C12H16N4O/c1-12(2,3)16-11(17)8-15-10-5-4-9(6-13)14-7-10/h4-5,7,15H,8H2,1-3H3,(H,16,17). The van der Waals surface area contributed by atoms with Crippen LogP contribution >= 0.6 is 0 Å². The van der Waals surface area contributed by atoms with Crippen molar-refractivity contribution in [1.29, 1.82) is 5.26 Å². The number of nitrogens with zero attached hydrogens (tertiary/aromatic N) is 2. The zero-order chi connectivity index (χ0) is 12.9. The molecule has 0 atom stereocenters. The first-order valence-electron chi connectivity index (χ1n) is 5.32. The lowest BCUT2D eigenvalue weighted by Crippen LogP contribution is -2.43. The Morgan fingerprint density at radius 2 is 2.18 bits per heavy atom. The van der Waals surface area contributed by atoms with Crippen molar-refractivity contribution in [2.24, 2.45) is 0 Å². The fraction of sp³-hybridized carbons (Fsp3) is 0.417. The van der Waals surface area contributed by atoms with Gasteiger partial charge in [-0.1, -0.05) is 0 Å². The van der Waals surface area contributed by atoms with Crippen LogP contribution in [-0.4, -0.2) is 23.0 Å². The number of nitriles is 1. The van der Waals surface area contributed by atoms with E-state index >= 15 is 0 Å². The van der Waals surface area contributed by atoms with Crippen LogP contribution in [0, 0.1) is 11.3 Å². The van der Waals surface area contributed by atoms with Crippen LogP contribution in [0.3, 0.4) is 0 Å². The summed E-state index contributed by atoms with van der Waals surface area (Å²) < 4.78 is 0. The molecule has 0 aliphatic heterocycles. The molecule has 90 valence electrons. The molecule has 1 amide bonds. The summed E-state index contributed by atoms with van der Waals surface area (Å²) in [5.41, 5.74) is 0.838. The average molecular weight is 232 g/mol. The van der Waals surface area contributed by atoms with Crippen molar-refractivity contribution in [3.05, 3.63) is 24.0 Å². The minimum Gasteiger partial charge on any atom is -0.375 e. The molecule has 0 saturated heterocycles. The smallest absolute Gasteiger partial charge is 0.239 e. The normalized spacial score (nSPS) is 10.5. The molecule has 0 saturated carbocycles. The maximum absolute atomic E-state index is 11.5. The molecule has 5 heteroatoms. The molecule has 0 aliphatic rings. The zero-order valence-corrected chi connectivity index (χ0v) is 10.2. The first-order chi connectivity index (χ1) is 7.90. The van der Waals surface area contributed by atoms with Crippen LogP contribution in [-0.2, 0) is 4.79 Å². The Balaban J connectivity index is 2.45. The first-order valence-corrected chi connectivity index (χ1v) is 5.32. The van der Waals surface area contributed by atoms with Crippen molar-refractivity contribution < 1.29 is 4.79 Å². The van der Waals surface area contributed by atoms with Gasteiger partial charge in [-0.3, -0.25) is 4.79 Å². The third-order valence-corrected chi connectivity index (χ3v) is 1.85. The number of pyridine rings is 1. The van der Waals surface area contributed by atoms with E-state index in [1.54, 1.807) is 12.1 Å². The highest BCUT2D eigenvalue weighted by molar-refractivity contribution is 5.81. The second kappa shape index (κ2) is 5.30. The molecule has 5 nitrogen and oxygen atoms in total. The Hall–Kier alpha value is -2.09. The molecule has 0 radical (unpaired) electrons. The summed E-state index contributed by atoms with van der Waals surface area (Å²) in [7, 11) is 0. The lowest BCUT2D eigenvalue weighted by atomic mass is 10.1. The average Bonchev–Trinajstić information content (AvgIpc) is 2.25. The molecular weight excluding hydrogens is 216 g/mol. The number of anilines is 1. The predicted molar refractivity (Wildman–Crippen MR) is 65.3 cm³/mol. The van der Waals surface area contributed by atoms with Crippen LogP contribution in [0.2, 0.25) is 0 Å². The number of hydrogen-bond acceptors (Lipinski definition) is 4. The van der Waals surface area contributed by atoms with Crippen LogP contribution in [0.25, 0.3) is 0 Å². The Kier molecular flexibility index (Phi) is 4.05. The number of rotatable bonds is 3. The summed E-state index contributed by atoms with van der Waals surface area (Å²) in [5.74, 6) is -0.0816. The van der Waals surface area contributed by atoms with Crippen molar-refractivity contribution in [2.45, 2.75) is 26.3 Å². The van der Waals surface area contributed by atoms with Crippen LogP contribution < -0.4 is 10.6 Å². The van der Waals surface area contributed by atoms with Crippen molar-refractivity contribution >= 4 is 11.6 Å². The highest BCUT2D eigenvalue weighted by atomic mass is 16.2. The van der Waals surface area contributed by atoms with Gasteiger partial charge in [-0.15, -0.1) is 0 Å². The molecule has 0 spiro atoms. The third kappa shape index (κ3) is 4.98. The highest BCUT2D eigenvalue weighted by Gasteiger charge is 2.12. The number of hydrogen-bond donors (Lipinski definition) is 2. The number of nitrogens with one attached hydrogen (secondary N) is 2. The predicted octanol–water partition coefficient (Wildman–Crippen LogP) is 1.28. The Bertz CT molecular complexity index is 425. The molecule has 2 N–H and O–H groups in total. The van der Waals surface area contributed by atoms with Crippen molar-refractivity contribution in [1.82, 2.24) is 10.3 Å². The van der Waals surface area contributed by atoms with Gasteiger partial charge < -0.3 is 10.6 Å². The number of amides is 1. The molecule has 1 aromatic heterocycles. The molecular formula is C12H16N4O. The van der Waals surface area contributed by atoms with Gasteiger partial charge in [0, 0.05) is 5.54 Å². The molecule has 1 rings (SSSR count). The largest absolute Gasteiger partial charge is 0.375 e. The van der Waals surface area contributed by atoms with E-state index in [0.717, 1.165) is 0 Å². The summed E-state index contributed by atoms with van der Waals surface area (Å²) in [6.45, 7) is 5.96. The third-order valence-electron chi connectivity index (χ3n) is 1.85. The van der Waals surface area contributed by atoms with Gasteiger partial charge in [0.25, 0.3) is 0 Å². The fourth-order valence-electron chi connectivity index (χ4n) is 1.21. The maximum Gasteiger partial charge on any atom is 0.239 e. The molecule has 0 aliphatic carbocycles. The first kappa shape index (κ1) is 13.0. The van der Waals surface area contributed by atoms with Gasteiger partial charge in [-0.2, -0.15) is 5.26 Å². The second-order valence-electron chi connectivity index (χ2n) is 4.70. The zero-order valence-electron chi connectivity index (χ0n) is 10.2. The van der Waals surface area contributed by atoms with Gasteiger partial charge in [0.05, 0.1) is 18.4 Å². The molecule has 17 heavy (non-hydrogen) atoms. The van der Waals surface area contributed by atoms with E-state index in [1.807, 2.05) is 26.8 Å². The fourth-order valence-corrected chi connectivity index (χ4v) is 1.21. The molecule has 0 aromatic carbocycles. The Morgan fingerprint density at radius 3 is 2.65 bits per heavy atom. The van der Waals surface area contributed by atoms with Crippen LogP contribution in [0.5, 0.6) is 0 Å². The van der Waals surface area contributed by atoms with Gasteiger partial charge in [0.15, 0.2) is 0 Å². The number of aromatic nitrogens is 1. The minimum atomic E-state index is -0.234. The maximum atomic E-state index is 11.5. The van der Waals surface area contributed by atoms with E-state index in [1.165, 1.54) is 6.20 Å². The topological polar surface area (TPSA) is 77.8 Å². The number of carbonyl (C=O) groups excluding carboxylic acids is 1. The van der Waals surface area contributed by atoms with Gasteiger partial charge in [0.2, 0.25) is 5.91 Å². The van der Waals surface area contributed by atoms with Crippen molar-refractivity contribution in [3.8, 4) is 6.07 Å². The van der Waals surface area contributed by atoms with Crippen LogP contribution in [0.1, 0.15) is 26.5 Å². The molecule has 1 heterocycles. The highest BCUT2D eigenvalue weighted by Crippen LogP contribution is 2.05. The van der Waals surface area contributed by atoms with Gasteiger partial charge in [-0.25, -0.2) is 4.98 Å². The lowest BCUT2D eigenvalue weighted by molar-refractivity contribution is -0.120. The van der Waals surface area contributed by atoms with E-state index in [2.05, 4.69) is 15.6 Å². The van der Waals surface area contributed by atoms with E-state index in [9.17, 15) is 4.79 Å².